The van der Waals surface area contributed by atoms with E-state index < -0.39 is 11.8 Å². The van der Waals surface area contributed by atoms with Crippen LogP contribution in [0.25, 0.3) is 10.9 Å². The van der Waals surface area contributed by atoms with Crippen LogP contribution in [0, 0.1) is 5.82 Å². The molecule has 1 aliphatic rings. The number of halogens is 1. The van der Waals surface area contributed by atoms with E-state index in [1.54, 1.807) is 12.1 Å². The lowest BCUT2D eigenvalue weighted by molar-refractivity contribution is -0.137. The number of benzene rings is 1. The van der Waals surface area contributed by atoms with Crippen LogP contribution in [0.5, 0.6) is 0 Å². The molecule has 0 spiro atoms. The number of carbonyl (C=O) groups is 2. The summed E-state index contributed by atoms with van der Waals surface area (Å²) in [5, 5.41) is 13.5. The Kier molecular flexibility index (Phi) is 5.22. The number of nitrogens with zero attached hydrogens (tertiary/aromatic N) is 4. The molecule has 1 aromatic carbocycles. The summed E-state index contributed by atoms with van der Waals surface area (Å²) in [7, 11) is 0. The number of hydrogen-bond acceptors (Lipinski definition) is 6. The highest BCUT2D eigenvalue weighted by Crippen LogP contribution is 2.21. The zero-order valence-electron chi connectivity index (χ0n) is 15.5. The van der Waals surface area contributed by atoms with Gasteiger partial charge in [0.1, 0.15) is 23.9 Å². The Morgan fingerprint density at radius 1 is 1.21 bits per heavy atom. The molecule has 4 rings (SSSR count). The number of aromatic nitrogens is 3. The fourth-order valence-corrected chi connectivity index (χ4v) is 3.31. The van der Waals surface area contributed by atoms with Gasteiger partial charge in [0.25, 0.3) is 0 Å². The van der Waals surface area contributed by atoms with E-state index in [4.69, 9.17) is 9.84 Å². The van der Waals surface area contributed by atoms with Crippen LogP contribution in [0.4, 0.5) is 10.2 Å². The molecule has 8 nitrogen and oxygen atoms in total. The number of pyridine rings is 1. The summed E-state index contributed by atoms with van der Waals surface area (Å²) in [5.41, 5.74) is 0.832. The number of Topliss-reactive ketones (excluding diaryl/α,β-unsaturated/α-hetero) is 1. The van der Waals surface area contributed by atoms with Gasteiger partial charge < -0.3 is 14.7 Å². The number of carboxylic acid groups (broad SMARTS) is 1. The summed E-state index contributed by atoms with van der Waals surface area (Å²) in [5.74, 6) is -1.20. The van der Waals surface area contributed by atoms with Crippen LogP contribution in [0.15, 0.2) is 36.5 Å². The Balaban J connectivity index is 1.55. The highest BCUT2D eigenvalue weighted by atomic mass is 19.1. The standard InChI is InChI=1S/C20H19FN4O4/c21-15-10-17-14(11-25(23-17)12-20(27)28)8-13(15)9-18(26)16-2-1-3-19(22-16)24-4-6-29-7-5-24/h1-3,8,10-11H,4-7,9,12H2,(H,27,28). The van der Waals surface area contributed by atoms with E-state index in [1.165, 1.54) is 23.0 Å². The van der Waals surface area contributed by atoms with Crippen molar-refractivity contribution >= 4 is 28.5 Å². The van der Waals surface area contributed by atoms with Gasteiger partial charge in [-0.1, -0.05) is 6.07 Å². The fourth-order valence-electron chi connectivity index (χ4n) is 3.31. The predicted molar refractivity (Wildman–Crippen MR) is 103 cm³/mol. The maximum Gasteiger partial charge on any atom is 0.325 e. The van der Waals surface area contributed by atoms with Crippen LogP contribution in [0.2, 0.25) is 0 Å². The van der Waals surface area contributed by atoms with Gasteiger partial charge in [-0.2, -0.15) is 5.10 Å². The molecule has 1 fully saturated rings. The summed E-state index contributed by atoms with van der Waals surface area (Å²) in [4.78, 5) is 30.0. The predicted octanol–water partition coefficient (Wildman–Crippen LogP) is 1.92. The number of fused-ring (bicyclic) bond motifs is 1. The van der Waals surface area contributed by atoms with E-state index in [1.807, 2.05) is 11.0 Å². The number of ether oxygens (including phenoxy) is 1. The molecular weight excluding hydrogens is 379 g/mol. The van der Waals surface area contributed by atoms with Crippen molar-refractivity contribution in [3.63, 3.8) is 0 Å². The lowest BCUT2D eigenvalue weighted by Gasteiger charge is -2.27. The number of anilines is 1. The summed E-state index contributed by atoms with van der Waals surface area (Å²) < 4.78 is 21.0. The van der Waals surface area contributed by atoms with Crippen molar-refractivity contribution in [3.8, 4) is 0 Å². The summed E-state index contributed by atoms with van der Waals surface area (Å²) >= 11 is 0. The van der Waals surface area contributed by atoms with Gasteiger partial charge in [-0.15, -0.1) is 0 Å². The molecule has 0 saturated carbocycles. The van der Waals surface area contributed by atoms with E-state index in [-0.39, 0.29) is 30.0 Å². The number of carbonyl (C=O) groups excluding carboxylic acids is 1. The van der Waals surface area contributed by atoms with E-state index in [0.717, 1.165) is 0 Å². The molecule has 1 N–H and O–H groups in total. The van der Waals surface area contributed by atoms with Gasteiger partial charge in [-0.25, -0.2) is 9.37 Å². The summed E-state index contributed by atoms with van der Waals surface area (Å²) in [6, 6.07) is 7.97. The SMILES string of the molecule is O=C(O)Cn1cc2cc(CC(=O)c3cccc(N4CCOCC4)n3)c(F)cc2n1. The first-order valence-corrected chi connectivity index (χ1v) is 9.20. The molecule has 0 amide bonds. The maximum absolute atomic E-state index is 14.5. The Morgan fingerprint density at radius 2 is 2.00 bits per heavy atom. The number of ketones is 1. The number of rotatable bonds is 6. The molecule has 0 aliphatic carbocycles. The van der Waals surface area contributed by atoms with Gasteiger partial charge in [0.2, 0.25) is 0 Å². The molecule has 0 radical (unpaired) electrons. The lowest BCUT2D eigenvalue weighted by atomic mass is 10.0. The third kappa shape index (κ3) is 4.24. The normalized spacial score (nSPS) is 14.3. The number of aliphatic carboxylic acids is 1. The Morgan fingerprint density at radius 3 is 2.76 bits per heavy atom. The molecule has 1 aliphatic heterocycles. The molecule has 29 heavy (non-hydrogen) atoms. The summed E-state index contributed by atoms with van der Waals surface area (Å²) in [6.07, 6.45) is 1.37. The minimum Gasteiger partial charge on any atom is -0.480 e. The lowest BCUT2D eigenvalue weighted by Crippen LogP contribution is -2.36. The topological polar surface area (TPSA) is 97.5 Å². The van der Waals surface area contributed by atoms with Gasteiger partial charge in [0, 0.05) is 37.2 Å². The minimum atomic E-state index is -1.04. The van der Waals surface area contributed by atoms with Gasteiger partial charge >= 0.3 is 5.97 Å². The molecule has 0 unspecified atom stereocenters. The van der Waals surface area contributed by atoms with Gasteiger partial charge in [0.05, 0.1) is 18.7 Å². The monoisotopic (exact) mass is 398 g/mol. The second kappa shape index (κ2) is 7.96. The minimum absolute atomic E-state index is 0.147. The zero-order valence-corrected chi connectivity index (χ0v) is 15.5. The summed E-state index contributed by atoms with van der Waals surface area (Å²) in [6.45, 7) is 2.32. The number of morpholine rings is 1. The Bertz CT molecular complexity index is 1080. The van der Waals surface area contributed by atoms with Crippen molar-refractivity contribution in [2.24, 2.45) is 0 Å². The van der Waals surface area contributed by atoms with E-state index >= 15 is 0 Å². The molecule has 1 saturated heterocycles. The van der Waals surface area contributed by atoms with Crippen molar-refractivity contribution in [2.75, 3.05) is 31.2 Å². The third-order valence-electron chi connectivity index (χ3n) is 4.72. The van der Waals surface area contributed by atoms with Crippen molar-refractivity contribution in [1.82, 2.24) is 14.8 Å². The molecule has 150 valence electrons. The first-order valence-electron chi connectivity index (χ1n) is 9.20. The van der Waals surface area contributed by atoms with Crippen LogP contribution < -0.4 is 4.90 Å². The largest absolute Gasteiger partial charge is 0.480 e. The first kappa shape index (κ1) is 19.0. The fraction of sp³-hybridized carbons (Fsp3) is 0.300. The first-order chi connectivity index (χ1) is 14.0. The third-order valence-corrected chi connectivity index (χ3v) is 4.72. The van der Waals surface area contributed by atoms with Crippen molar-refractivity contribution in [3.05, 3.63) is 53.6 Å². The number of carboxylic acids is 1. The average molecular weight is 398 g/mol. The molecule has 2 aromatic heterocycles. The van der Waals surface area contributed by atoms with Crippen LogP contribution in [-0.2, 0) is 22.5 Å². The van der Waals surface area contributed by atoms with Crippen molar-refractivity contribution in [2.45, 2.75) is 13.0 Å². The van der Waals surface area contributed by atoms with E-state index in [0.29, 0.717) is 43.0 Å². The zero-order chi connectivity index (χ0) is 20.4. The van der Waals surface area contributed by atoms with Crippen molar-refractivity contribution in [1.29, 1.82) is 0 Å². The van der Waals surface area contributed by atoms with Crippen LogP contribution >= 0.6 is 0 Å². The van der Waals surface area contributed by atoms with Crippen LogP contribution in [0.1, 0.15) is 16.1 Å². The van der Waals surface area contributed by atoms with E-state index in [2.05, 4.69) is 10.1 Å². The molecule has 0 atom stereocenters. The maximum atomic E-state index is 14.5. The van der Waals surface area contributed by atoms with Crippen LogP contribution in [0.3, 0.4) is 0 Å². The molecule has 0 bridgehead atoms. The average Bonchev–Trinajstić information content (AvgIpc) is 3.09. The van der Waals surface area contributed by atoms with Gasteiger partial charge in [0.15, 0.2) is 5.78 Å². The Labute approximate surface area is 165 Å². The van der Waals surface area contributed by atoms with Crippen LogP contribution in [-0.4, -0.2) is 57.9 Å². The van der Waals surface area contributed by atoms with Gasteiger partial charge in [-0.3, -0.25) is 14.3 Å². The Hall–Kier alpha value is -3.33. The second-order valence-electron chi connectivity index (χ2n) is 6.80. The van der Waals surface area contributed by atoms with Crippen molar-refractivity contribution < 1.29 is 23.8 Å². The molecule has 9 heteroatoms. The van der Waals surface area contributed by atoms with Gasteiger partial charge in [-0.05, 0) is 23.8 Å². The molecule has 3 aromatic rings. The highest BCUT2D eigenvalue weighted by molar-refractivity contribution is 5.96. The smallest absolute Gasteiger partial charge is 0.325 e. The molecule has 3 heterocycles. The number of hydrogen-bond donors (Lipinski definition) is 1. The second-order valence-corrected chi connectivity index (χ2v) is 6.80. The highest BCUT2D eigenvalue weighted by Gasteiger charge is 2.17. The molecular formula is C20H19FN4O4. The quantitative estimate of drug-likeness (QED) is 0.634. The van der Waals surface area contributed by atoms with E-state index in [9.17, 15) is 14.0 Å².